The molecular weight excluding hydrogens is 326 g/mol. The van der Waals surface area contributed by atoms with E-state index in [1.807, 2.05) is 75.4 Å². The van der Waals surface area contributed by atoms with Crippen LogP contribution in [-0.2, 0) is 0 Å². The molecule has 26 heavy (non-hydrogen) atoms. The zero-order valence-corrected chi connectivity index (χ0v) is 15.5. The zero-order chi connectivity index (χ0) is 18.7. The van der Waals surface area contributed by atoms with Crippen LogP contribution in [-0.4, -0.2) is 28.8 Å². The fourth-order valence-corrected chi connectivity index (χ4v) is 2.74. The van der Waals surface area contributed by atoms with Crippen molar-refractivity contribution in [3.05, 3.63) is 65.9 Å². The topological polar surface area (TPSA) is 56.1 Å². The van der Waals surface area contributed by atoms with Crippen LogP contribution in [0.3, 0.4) is 0 Å². The summed E-state index contributed by atoms with van der Waals surface area (Å²) in [6.07, 6.45) is 0. The van der Waals surface area contributed by atoms with Crippen LogP contribution in [0.15, 0.2) is 54.6 Å². The molecule has 0 saturated heterocycles. The lowest BCUT2D eigenvalue weighted by Gasteiger charge is -2.10. The molecule has 5 nitrogen and oxygen atoms in total. The van der Waals surface area contributed by atoms with E-state index in [9.17, 15) is 4.79 Å². The quantitative estimate of drug-likeness (QED) is 0.758. The van der Waals surface area contributed by atoms with Gasteiger partial charge in [0, 0.05) is 11.6 Å². The van der Waals surface area contributed by atoms with Gasteiger partial charge < -0.3 is 10.1 Å². The van der Waals surface area contributed by atoms with Crippen LogP contribution < -0.4 is 10.1 Å². The maximum Gasteiger partial charge on any atom is 0.270 e. The highest BCUT2D eigenvalue weighted by molar-refractivity contribution is 5.94. The molecule has 0 radical (unpaired) electrons. The molecule has 0 saturated carbocycles. The first-order valence-corrected chi connectivity index (χ1v) is 8.60. The Bertz CT molecular complexity index is 911. The Kier molecular flexibility index (Phi) is 5.07. The molecule has 134 valence electrons. The number of nitrogens with one attached hydrogen (secondary N) is 1. The molecule has 3 rings (SSSR count). The van der Waals surface area contributed by atoms with Crippen LogP contribution in [0.4, 0.5) is 0 Å². The third-order valence-corrected chi connectivity index (χ3v) is 3.99. The number of benzene rings is 2. The molecule has 2 aromatic carbocycles. The number of amides is 1. The van der Waals surface area contributed by atoms with Crippen molar-refractivity contribution in [2.24, 2.45) is 0 Å². The van der Waals surface area contributed by atoms with E-state index in [0.29, 0.717) is 5.69 Å². The lowest BCUT2D eigenvalue weighted by Crippen LogP contribution is -2.31. The van der Waals surface area contributed by atoms with Crippen LogP contribution in [0.1, 0.15) is 29.9 Å². The Hall–Kier alpha value is -3.08. The van der Waals surface area contributed by atoms with Crippen LogP contribution in [0.2, 0.25) is 0 Å². The number of hydrogen-bond acceptors (Lipinski definition) is 3. The van der Waals surface area contributed by atoms with Gasteiger partial charge in [-0.05, 0) is 68.8 Å². The van der Waals surface area contributed by atoms with Crippen LogP contribution in [0.5, 0.6) is 5.75 Å². The molecule has 0 aliphatic heterocycles. The molecule has 0 aliphatic rings. The molecule has 0 spiro atoms. The fraction of sp³-hybridized carbons (Fsp3) is 0.238. The standard InChI is InChI=1S/C21H23N3O2/c1-14(2)22-21(25)20-13-19(16-8-10-18(26-4)11-9-16)23-24(20)17-7-5-6-15(3)12-17/h5-14H,1-4H3,(H,22,25). The van der Waals surface area contributed by atoms with Gasteiger partial charge in [0.05, 0.1) is 18.5 Å². The molecule has 1 aromatic heterocycles. The predicted molar refractivity (Wildman–Crippen MR) is 103 cm³/mol. The third kappa shape index (κ3) is 3.77. The number of carbonyl (C=O) groups excluding carboxylic acids is 1. The number of methoxy groups -OCH3 is 1. The van der Waals surface area contributed by atoms with E-state index in [1.54, 1.807) is 11.8 Å². The van der Waals surface area contributed by atoms with Gasteiger partial charge in [0.2, 0.25) is 0 Å². The summed E-state index contributed by atoms with van der Waals surface area (Å²) in [6, 6.07) is 17.5. The number of hydrogen-bond donors (Lipinski definition) is 1. The van der Waals surface area contributed by atoms with Crippen molar-refractivity contribution in [3.63, 3.8) is 0 Å². The largest absolute Gasteiger partial charge is 0.497 e. The maximum absolute atomic E-state index is 12.7. The average molecular weight is 349 g/mol. The minimum atomic E-state index is -0.145. The summed E-state index contributed by atoms with van der Waals surface area (Å²) < 4.78 is 6.91. The van der Waals surface area contributed by atoms with E-state index in [1.165, 1.54) is 0 Å². The summed E-state index contributed by atoms with van der Waals surface area (Å²) in [6.45, 7) is 5.90. The number of carbonyl (C=O) groups is 1. The number of ether oxygens (including phenoxy) is 1. The van der Waals surface area contributed by atoms with Gasteiger partial charge >= 0.3 is 0 Å². The molecule has 3 aromatic rings. The second-order valence-electron chi connectivity index (χ2n) is 6.52. The van der Waals surface area contributed by atoms with Gasteiger partial charge in [0.15, 0.2) is 0 Å². The second kappa shape index (κ2) is 7.44. The lowest BCUT2D eigenvalue weighted by atomic mass is 10.1. The summed E-state index contributed by atoms with van der Waals surface area (Å²) in [5.41, 5.74) is 4.15. The van der Waals surface area contributed by atoms with Gasteiger partial charge in [-0.15, -0.1) is 0 Å². The van der Waals surface area contributed by atoms with Crippen LogP contribution in [0.25, 0.3) is 16.9 Å². The van der Waals surface area contributed by atoms with Crippen molar-refractivity contribution in [1.82, 2.24) is 15.1 Å². The molecule has 0 bridgehead atoms. The van der Waals surface area contributed by atoms with Gasteiger partial charge in [0.25, 0.3) is 5.91 Å². The van der Waals surface area contributed by atoms with Crippen molar-refractivity contribution >= 4 is 5.91 Å². The predicted octanol–water partition coefficient (Wildman–Crippen LogP) is 3.99. The Balaban J connectivity index is 2.08. The van der Waals surface area contributed by atoms with E-state index in [2.05, 4.69) is 5.32 Å². The number of rotatable bonds is 5. The Morgan fingerprint density at radius 2 is 1.85 bits per heavy atom. The summed E-state index contributed by atoms with van der Waals surface area (Å²) in [4.78, 5) is 12.7. The third-order valence-electron chi connectivity index (χ3n) is 3.99. The van der Waals surface area contributed by atoms with E-state index in [-0.39, 0.29) is 11.9 Å². The lowest BCUT2D eigenvalue weighted by molar-refractivity contribution is 0.0935. The molecular formula is C21H23N3O2. The van der Waals surface area contributed by atoms with Crippen molar-refractivity contribution in [2.45, 2.75) is 26.8 Å². The van der Waals surface area contributed by atoms with Gasteiger partial charge in [-0.1, -0.05) is 12.1 Å². The smallest absolute Gasteiger partial charge is 0.270 e. The number of aryl methyl sites for hydroxylation is 1. The molecule has 0 atom stereocenters. The molecule has 1 heterocycles. The Morgan fingerprint density at radius 3 is 2.46 bits per heavy atom. The molecule has 1 N–H and O–H groups in total. The highest BCUT2D eigenvalue weighted by Gasteiger charge is 2.18. The summed E-state index contributed by atoms with van der Waals surface area (Å²) in [5, 5.41) is 7.64. The normalized spacial score (nSPS) is 10.8. The molecule has 0 unspecified atom stereocenters. The monoisotopic (exact) mass is 349 g/mol. The van der Waals surface area contributed by atoms with E-state index >= 15 is 0 Å². The van der Waals surface area contributed by atoms with Gasteiger partial charge in [-0.3, -0.25) is 4.79 Å². The second-order valence-corrected chi connectivity index (χ2v) is 6.52. The van der Waals surface area contributed by atoms with E-state index in [0.717, 1.165) is 28.3 Å². The van der Waals surface area contributed by atoms with Crippen molar-refractivity contribution < 1.29 is 9.53 Å². The minimum absolute atomic E-state index is 0.0489. The summed E-state index contributed by atoms with van der Waals surface area (Å²) >= 11 is 0. The highest BCUT2D eigenvalue weighted by atomic mass is 16.5. The van der Waals surface area contributed by atoms with Crippen LogP contribution >= 0.6 is 0 Å². The summed E-state index contributed by atoms with van der Waals surface area (Å²) in [7, 11) is 1.63. The molecule has 0 aliphatic carbocycles. The summed E-state index contributed by atoms with van der Waals surface area (Å²) in [5.74, 6) is 0.637. The molecule has 5 heteroatoms. The SMILES string of the molecule is COc1ccc(-c2cc(C(=O)NC(C)C)n(-c3cccc(C)c3)n2)cc1. The highest BCUT2D eigenvalue weighted by Crippen LogP contribution is 2.24. The minimum Gasteiger partial charge on any atom is -0.497 e. The average Bonchev–Trinajstić information content (AvgIpc) is 3.07. The Morgan fingerprint density at radius 1 is 1.12 bits per heavy atom. The first-order valence-electron chi connectivity index (χ1n) is 8.60. The van der Waals surface area contributed by atoms with E-state index in [4.69, 9.17) is 9.84 Å². The van der Waals surface area contributed by atoms with Crippen molar-refractivity contribution in [1.29, 1.82) is 0 Å². The van der Waals surface area contributed by atoms with Crippen LogP contribution in [0, 0.1) is 6.92 Å². The van der Waals surface area contributed by atoms with Gasteiger partial charge in [0.1, 0.15) is 11.4 Å². The molecule has 1 amide bonds. The van der Waals surface area contributed by atoms with Crippen molar-refractivity contribution in [3.8, 4) is 22.7 Å². The van der Waals surface area contributed by atoms with Crippen molar-refractivity contribution in [2.75, 3.05) is 7.11 Å². The number of nitrogens with zero attached hydrogens (tertiary/aromatic N) is 2. The maximum atomic E-state index is 12.7. The fourth-order valence-electron chi connectivity index (χ4n) is 2.74. The first kappa shape index (κ1) is 17.7. The van der Waals surface area contributed by atoms with Gasteiger partial charge in [-0.25, -0.2) is 4.68 Å². The van der Waals surface area contributed by atoms with Gasteiger partial charge in [-0.2, -0.15) is 5.10 Å². The number of aromatic nitrogens is 2. The first-order chi connectivity index (χ1) is 12.5. The van der Waals surface area contributed by atoms with E-state index < -0.39 is 0 Å². The Labute approximate surface area is 153 Å². The molecule has 0 fully saturated rings. The zero-order valence-electron chi connectivity index (χ0n) is 15.5.